The Labute approximate surface area is 98.3 Å². The molecule has 0 saturated heterocycles. The van der Waals surface area contributed by atoms with Gasteiger partial charge in [0.2, 0.25) is 0 Å². The van der Waals surface area contributed by atoms with Crippen LogP contribution in [0.2, 0.25) is 0 Å². The second-order valence-corrected chi connectivity index (χ2v) is 3.59. The minimum absolute atomic E-state index is 0.409. The standard InChI is InChI=1S/C13H12F2N2/c14-12-7-6-10(8-13(12)15)9-16-17-11-4-2-1-3-5-11/h1-8,16-17H,9H2. The lowest BCUT2D eigenvalue weighted by Crippen LogP contribution is -2.20. The average molecular weight is 234 g/mol. The van der Waals surface area contributed by atoms with Crippen LogP contribution in [-0.2, 0) is 6.54 Å². The summed E-state index contributed by atoms with van der Waals surface area (Å²) in [6.07, 6.45) is 0. The summed E-state index contributed by atoms with van der Waals surface area (Å²) in [6.45, 7) is 0.409. The lowest BCUT2D eigenvalue weighted by molar-refractivity contribution is 0.506. The minimum atomic E-state index is -0.830. The SMILES string of the molecule is Fc1ccc(CNNc2ccccc2)cc1F. The number of benzene rings is 2. The first kappa shape index (κ1) is 11.5. The van der Waals surface area contributed by atoms with Gasteiger partial charge in [-0.1, -0.05) is 24.3 Å². The Bertz CT molecular complexity index is 486. The normalized spacial score (nSPS) is 10.2. The van der Waals surface area contributed by atoms with Crippen LogP contribution < -0.4 is 10.9 Å². The van der Waals surface area contributed by atoms with Crippen molar-refractivity contribution in [2.24, 2.45) is 0 Å². The summed E-state index contributed by atoms with van der Waals surface area (Å²) >= 11 is 0. The smallest absolute Gasteiger partial charge is 0.159 e. The van der Waals surface area contributed by atoms with E-state index < -0.39 is 11.6 Å². The van der Waals surface area contributed by atoms with E-state index in [0.29, 0.717) is 12.1 Å². The summed E-state index contributed by atoms with van der Waals surface area (Å²) < 4.78 is 25.6. The highest BCUT2D eigenvalue weighted by Crippen LogP contribution is 2.08. The molecule has 88 valence electrons. The molecule has 0 aliphatic rings. The molecule has 2 rings (SSSR count). The monoisotopic (exact) mass is 234 g/mol. The van der Waals surface area contributed by atoms with Crippen molar-refractivity contribution >= 4 is 5.69 Å². The van der Waals surface area contributed by atoms with Gasteiger partial charge in [0.25, 0.3) is 0 Å². The first-order valence-electron chi connectivity index (χ1n) is 5.23. The second-order valence-electron chi connectivity index (χ2n) is 3.59. The van der Waals surface area contributed by atoms with E-state index in [4.69, 9.17) is 0 Å². The van der Waals surface area contributed by atoms with E-state index in [9.17, 15) is 8.78 Å². The highest BCUT2D eigenvalue weighted by atomic mass is 19.2. The molecule has 0 amide bonds. The first-order chi connectivity index (χ1) is 8.25. The maximum Gasteiger partial charge on any atom is 0.159 e. The summed E-state index contributed by atoms with van der Waals surface area (Å²) in [7, 11) is 0. The Morgan fingerprint density at radius 1 is 0.882 bits per heavy atom. The van der Waals surface area contributed by atoms with E-state index in [-0.39, 0.29) is 0 Å². The third-order valence-corrected chi connectivity index (χ3v) is 2.28. The van der Waals surface area contributed by atoms with Gasteiger partial charge in [-0.15, -0.1) is 0 Å². The van der Waals surface area contributed by atoms with E-state index in [1.54, 1.807) is 0 Å². The molecule has 0 saturated carbocycles. The molecular weight excluding hydrogens is 222 g/mol. The highest BCUT2D eigenvalue weighted by Gasteiger charge is 2.01. The van der Waals surface area contributed by atoms with Crippen LogP contribution in [0.1, 0.15) is 5.56 Å². The Hall–Kier alpha value is -1.94. The van der Waals surface area contributed by atoms with Crippen molar-refractivity contribution in [1.82, 2.24) is 5.43 Å². The van der Waals surface area contributed by atoms with Crippen LogP contribution in [0.15, 0.2) is 48.5 Å². The van der Waals surface area contributed by atoms with Crippen LogP contribution in [0.5, 0.6) is 0 Å². The van der Waals surface area contributed by atoms with Gasteiger partial charge in [0, 0.05) is 12.2 Å². The van der Waals surface area contributed by atoms with Gasteiger partial charge >= 0.3 is 0 Å². The van der Waals surface area contributed by atoms with Crippen LogP contribution in [0, 0.1) is 11.6 Å². The van der Waals surface area contributed by atoms with Gasteiger partial charge in [-0.3, -0.25) is 0 Å². The third-order valence-electron chi connectivity index (χ3n) is 2.28. The maximum atomic E-state index is 12.9. The molecule has 0 heterocycles. The molecule has 2 aromatic carbocycles. The van der Waals surface area contributed by atoms with E-state index in [1.165, 1.54) is 12.1 Å². The van der Waals surface area contributed by atoms with Crippen LogP contribution in [0.25, 0.3) is 0 Å². The Kier molecular flexibility index (Phi) is 3.67. The van der Waals surface area contributed by atoms with Crippen molar-refractivity contribution in [3.8, 4) is 0 Å². The molecule has 0 fully saturated rings. The average Bonchev–Trinajstić information content (AvgIpc) is 2.35. The molecular formula is C13H12F2N2. The van der Waals surface area contributed by atoms with Crippen LogP contribution in [0.3, 0.4) is 0 Å². The molecule has 0 aliphatic carbocycles. The predicted molar refractivity (Wildman–Crippen MR) is 63.3 cm³/mol. The number of hydrogen-bond donors (Lipinski definition) is 2. The molecule has 0 aliphatic heterocycles. The fourth-order valence-corrected chi connectivity index (χ4v) is 1.42. The molecule has 2 N–H and O–H groups in total. The van der Waals surface area contributed by atoms with Crippen molar-refractivity contribution in [2.45, 2.75) is 6.54 Å². The molecule has 0 radical (unpaired) electrons. The number of hydrazine groups is 1. The summed E-state index contributed by atoms with van der Waals surface area (Å²) in [5, 5.41) is 0. The summed E-state index contributed by atoms with van der Waals surface area (Å²) in [5.74, 6) is -1.66. The Balaban J connectivity index is 1.88. The van der Waals surface area contributed by atoms with Crippen LogP contribution >= 0.6 is 0 Å². The zero-order valence-corrected chi connectivity index (χ0v) is 9.08. The summed E-state index contributed by atoms with van der Waals surface area (Å²) in [5.41, 5.74) is 7.47. The van der Waals surface area contributed by atoms with Gasteiger partial charge in [-0.2, -0.15) is 0 Å². The second kappa shape index (κ2) is 5.41. The number of anilines is 1. The summed E-state index contributed by atoms with van der Waals surface area (Å²) in [4.78, 5) is 0. The highest BCUT2D eigenvalue weighted by molar-refractivity contribution is 5.41. The molecule has 2 nitrogen and oxygen atoms in total. The van der Waals surface area contributed by atoms with Crippen molar-refractivity contribution in [1.29, 1.82) is 0 Å². The molecule has 0 aromatic heterocycles. The molecule has 0 unspecified atom stereocenters. The van der Waals surface area contributed by atoms with Gasteiger partial charge in [0.15, 0.2) is 11.6 Å². The zero-order chi connectivity index (χ0) is 12.1. The molecule has 2 aromatic rings. The van der Waals surface area contributed by atoms with Crippen LogP contribution in [0.4, 0.5) is 14.5 Å². The quantitative estimate of drug-likeness (QED) is 0.794. The van der Waals surface area contributed by atoms with Crippen molar-refractivity contribution in [2.75, 3.05) is 5.43 Å². The number of halogens is 2. The largest absolute Gasteiger partial charge is 0.321 e. The molecule has 0 atom stereocenters. The zero-order valence-electron chi connectivity index (χ0n) is 9.08. The van der Waals surface area contributed by atoms with E-state index >= 15 is 0 Å². The Morgan fingerprint density at radius 3 is 2.35 bits per heavy atom. The molecule has 0 spiro atoms. The van der Waals surface area contributed by atoms with Gasteiger partial charge in [0.1, 0.15) is 0 Å². The van der Waals surface area contributed by atoms with Gasteiger partial charge in [0.05, 0.1) is 0 Å². The van der Waals surface area contributed by atoms with Crippen molar-refractivity contribution < 1.29 is 8.78 Å². The summed E-state index contributed by atoms with van der Waals surface area (Å²) in [6, 6.07) is 13.4. The Morgan fingerprint density at radius 2 is 1.65 bits per heavy atom. The third kappa shape index (κ3) is 3.26. The first-order valence-corrected chi connectivity index (χ1v) is 5.23. The fraction of sp³-hybridized carbons (Fsp3) is 0.0769. The number of hydrogen-bond acceptors (Lipinski definition) is 2. The number of nitrogens with one attached hydrogen (secondary N) is 2. The number of rotatable bonds is 4. The topological polar surface area (TPSA) is 24.1 Å². The number of para-hydroxylation sites is 1. The van der Waals surface area contributed by atoms with Gasteiger partial charge in [-0.25, -0.2) is 14.2 Å². The van der Waals surface area contributed by atoms with Gasteiger partial charge in [-0.05, 0) is 29.8 Å². The predicted octanol–water partition coefficient (Wildman–Crippen LogP) is 3.08. The lowest BCUT2D eigenvalue weighted by atomic mass is 10.2. The van der Waals surface area contributed by atoms with E-state index in [2.05, 4.69) is 10.9 Å². The minimum Gasteiger partial charge on any atom is -0.321 e. The lowest BCUT2D eigenvalue weighted by Gasteiger charge is -2.08. The molecule has 17 heavy (non-hydrogen) atoms. The fourth-order valence-electron chi connectivity index (χ4n) is 1.42. The van der Waals surface area contributed by atoms with Crippen LogP contribution in [-0.4, -0.2) is 0 Å². The van der Waals surface area contributed by atoms with Crippen molar-refractivity contribution in [3.05, 3.63) is 65.7 Å². The maximum absolute atomic E-state index is 12.9. The van der Waals surface area contributed by atoms with Crippen molar-refractivity contribution in [3.63, 3.8) is 0 Å². The van der Waals surface area contributed by atoms with E-state index in [1.807, 2.05) is 30.3 Å². The van der Waals surface area contributed by atoms with E-state index in [0.717, 1.165) is 11.8 Å². The van der Waals surface area contributed by atoms with Gasteiger partial charge < -0.3 is 5.43 Å². The molecule has 4 heteroatoms. The molecule has 0 bridgehead atoms.